The molecule has 0 N–H and O–H groups in total. The minimum Gasteiger partial charge on any atom is -0.0819 e. The molecule has 2 saturated carbocycles. The highest BCUT2D eigenvalue weighted by atomic mass is 14.4. The van der Waals surface area contributed by atoms with Gasteiger partial charge in [-0.3, -0.25) is 0 Å². The van der Waals surface area contributed by atoms with Crippen LogP contribution in [0.1, 0.15) is 32.1 Å². The molecule has 2 fully saturated rings. The van der Waals surface area contributed by atoms with Gasteiger partial charge in [-0.05, 0) is 49.9 Å². The van der Waals surface area contributed by atoms with Gasteiger partial charge >= 0.3 is 0 Å². The quantitative estimate of drug-likeness (QED) is 0.509. The number of hydrogen-bond acceptors (Lipinski definition) is 0. The predicted molar refractivity (Wildman–Crippen MR) is 41.6 cm³/mol. The van der Waals surface area contributed by atoms with E-state index < -0.39 is 0 Å². The van der Waals surface area contributed by atoms with E-state index >= 15 is 0 Å². The van der Waals surface area contributed by atoms with Crippen LogP contribution in [-0.4, -0.2) is 0 Å². The molecule has 0 atom stereocenters. The molecule has 0 nitrogen and oxygen atoms in total. The lowest BCUT2D eigenvalue weighted by molar-refractivity contribution is 0.319. The Labute approximate surface area is 62.3 Å². The molecule has 4 aliphatic rings. The van der Waals surface area contributed by atoms with Gasteiger partial charge in [0.2, 0.25) is 0 Å². The maximum absolute atomic E-state index is 2.57. The van der Waals surface area contributed by atoms with Crippen LogP contribution in [0.5, 0.6) is 0 Å². The topological polar surface area (TPSA) is 0 Å². The molecule has 0 aromatic rings. The van der Waals surface area contributed by atoms with Crippen LogP contribution in [0.15, 0.2) is 11.6 Å². The van der Waals surface area contributed by atoms with Gasteiger partial charge in [-0.1, -0.05) is 11.6 Å². The first-order valence-electron chi connectivity index (χ1n) is 4.62. The monoisotopic (exact) mass is 134 g/mol. The molecule has 0 heteroatoms. The Morgan fingerprint density at radius 3 is 2.60 bits per heavy atom. The van der Waals surface area contributed by atoms with Crippen molar-refractivity contribution in [2.45, 2.75) is 32.1 Å². The summed E-state index contributed by atoms with van der Waals surface area (Å²) < 4.78 is 0. The van der Waals surface area contributed by atoms with E-state index in [0.717, 1.165) is 17.8 Å². The van der Waals surface area contributed by atoms with Crippen LogP contribution in [0.25, 0.3) is 0 Å². The minimum absolute atomic E-state index is 1.03. The molecule has 0 saturated heterocycles. The summed E-state index contributed by atoms with van der Waals surface area (Å²) in [5.41, 5.74) is 1.84. The Morgan fingerprint density at radius 2 is 2.10 bits per heavy atom. The van der Waals surface area contributed by atoms with Gasteiger partial charge in [-0.2, -0.15) is 0 Å². The molecule has 54 valence electrons. The maximum Gasteiger partial charge on any atom is -0.0192 e. The van der Waals surface area contributed by atoms with Crippen LogP contribution in [0.2, 0.25) is 0 Å². The molecule has 0 radical (unpaired) electrons. The third-order valence-corrected chi connectivity index (χ3v) is 3.37. The molecule has 0 aromatic carbocycles. The zero-order valence-electron chi connectivity index (χ0n) is 6.34. The molecule has 0 unspecified atom stereocenters. The van der Waals surface area contributed by atoms with E-state index in [-0.39, 0.29) is 0 Å². The molecular weight excluding hydrogens is 120 g/mol. The Bertz CT molecular complexity index is 180. The second-order valence-corrected chi connectivity index (χ2v) is 4.32. The second kappa shape index (κ2) is 1.66. The van der Waals surface area contributed by atoms with Crippen molar-refractivity contribution in [2.75, 3.05) is 0 Å². The van der Waals surface area contributed by atoms with Crippen molar-refractivity contribution in [1.82, 2.24) is 0 Å². The molecular formula is C10H14. The Morgan fingerprint density at radius 1 is 1.30 bits per heavy atom. The van der Waals surface area contributed by atoms with Crippen LogP contribution in [-0.2, 0) is 0 Å². The van der Waals surface area contributed by atoms with Gasteiger partial charge in [0.1, 0.15) is 0 Å². The van der Waals surface area contributed by atoms with Crippen LogP contribution in [0.4, 0.5) is 0 Å². The van der Waals surface area contributed by atoms with Gasteiger partial charge in [0, 0.05) is 0 Å². The van der Waals surface area contributed by atoms with E-state index in [1.54, 1.807) is 0 Å². The summed E-state index contributed by atoms with van der Waals surface area (Å²) >= 11 is 0. The Hall–Kier alpha value is -0.260. The maximum atomic E-state index is 2.57. The molecule has 0 heterocycles. The molecule has 0 amide bonds. The molecule has 0 spiro atoms. The third kappa shape index (κ3) is 0.680. The van der Waals surface area contributed by atoms with Crippen molar-refractivity contribution < 1.29 is 0 Å². The zero-order chi connectivity index (χ0) is 6.55. The Kier molecular flexibility index (Phi) is 0.898. The van der Waals surface area contributed by atoms with Crippen LogP contribution in [0.3, 0.4) is 0 Å². The van der Waals surface area contributed by atoms with Gasteiger partial charge in [-0.25, -0.2) is 0 Å². The number of hydrogen-bond donors (Lipinski definition) is 0. The molecule has 0 aromatic heterocycles. The van der Waals surface area contributed by atoms with Crippen molar-refractivity contribution >= 4 is 0 Å². The number of allylic oxidation sites excluding steroid dienone is 2. The van der Waals surface area contributed by atoms with Crippen molar-refractivity contribution in [3.63, 3.8) is 0 Å². The summed E-state index contributed by atoms with van der Waals surface area (Å²) in [4.78, 5) is 0. The predicted octanol–water partition coefficient (Wildman–Crippen LogP) is 2.75. The van der Waals surface area contributed by atoms with Crippen LogP contribution >= 0.6 is 0 Å². The van der Waals surface area contributed by atoms with E-state index in [4.69, 9.17) is 0 Å². The first kappa shape index (κ1) is 5.40. The van der Waals surface area contributed by atoms with E-state index in [1.165, 1.54) is 32.1 Å². The fourth-order valence-electron chi connectivity index (χ4n) is 2.43. The normalized spacial score (nSPS) is 43.0. The van der Waals surface area contributed by atoms with Crippen molar-refractivity contribution in [3.05, 3.63) is 11.6 Å². The fraction of sp³-hybridized carbons (Fsp3) is 0.800. The average molecular weight is 134 g/mol. The fourth-order valence-corrected chi connectivity index (χ4v) is 2.43. The smallest absolute Gasteiger partial charge is 0.0192 e. The molecule has 2 bridgehead atoms. The molecule has 4 aliphatic carbocycles. The lowest BCUT2D eigenvalue weighted by Crippen LogP contribution is -2.14. The van der Waals surface area contributed by atoms with E-state index in [1.807, 2.05) is 5.57 Å². The minimum atomic E-state index is 1.03. The zero-order valence-corrected chi connectivity index (χ0v) is 6.34. The molecule has 0 aliphatic heterocycles. The second-order valence-electron chi connectivity index (χ2n) is 4.32. The summed E-state index contributed by atoms with van der Waals surface area (Å²) in [6, 6.07) is 0. The van der Waals surface area contributed by atoms with E-state index in [0.29, 0.717) is 0 Å². The molecule has 10 heavy (non-hydrogen) atoms. The lowest BCUT2D eigenvalue weighted by Gasteiger charge is -2.24. The molecule has 4 rings (SSSR count). The van der Waals surface area contributed by atoms with Crippen molar-refractivity contribution in [2.24, 2.45) is 17.8 Å². The third-order valence-electron chi connectivity index (χ3n) is 3.37. The SMILES string of the molecule is C1=C(CC2CC2)C2CC1C2. The summed E-state index contributed by atoms with van der Waals surface area (Å²) in [6.45, 7) is 0. The highest BCUT2D eigenvalue weighted by Gasteiger charge is 2.38. The summed E-state index contributed by atoms with van der Waals surface area (Å²) in [5.74, 6) is 3.20. The van der Waals surface area contributed by atoms with Gasteiger partial charge in [0.25, 0.3) is 0 Å². The average Bonchev–Trinajstić information content (AvgIpc) is 2.37. The highest BCUT2D eigenvalue weighted by molar-refractivity contribution is 5.24. The largest absolute Gasteiger partial charge is 0.0819 e. The van der Waals surface area contributed by atoms with Crippen LogP contribution < -0.4 is 0 Å². The van der Waals surface area contributed by atoms with Gasteiger partial charge < -0.3 is 0 Å². The summed E-state index contributed by atoms with van der Waals surface area (Å²) in [7, 11) is 0. The first-order chi connectivity index (χ1) is 4.92. The highest BCUT2D eigenvalue weighted by Crippen LogP contribution is 2.51. The van der Waals surface area contributed by atoms with Crippen molar-refractivity contribution in [3.8, 4) is 0 Å². The van der Waals surface area contributed by atoms with Gasteiger partial charge in [0.15, 0.2) is 0 Å². The summed E-state index contributed by atoms with van der Waals surface area (Å²) in [6.07, 6.45) is 10.1. The summed E-state index contributed by atoms with van der Waals surface area (Å²) in [5, 5.41) is 0. The van der Waals surface area contributed by atoms with Crippen LogP contribution in [0, 0.1) is 17.8 Å². The van der Waals surface area contributed by atoms with Crippen molar-refractivity contribution in [1.29, 1.82) is 0 Å². The lowest BCUT2D eigenvalue weighted by atomic mass is 9.80. The standard InChI is InChI=1S/C10H14/c1-2-7(1)3-9-4-8-5-10(9)6-8/h4,7-8,10H,1-3,5-6H2. The first-order valence-corrected chi connectivity index (χ1v) is 4.62. The van der Waals surface area contributed by atoms with E-state index in [2.05, 4.69) is 6.08 Å². The van der Waals surface area contributed by atoms with Gasteiger partial charge in [0.05, 0.1) is 0 Å². The number of rotatable bonds is 2. The Balaban J connectivity index is 1.70. The van der Waals surface area contributed by atoms with E-state index in [9.17, 15) is 0 Å². The van der Waals surface area contributed by atoms with Gasteiger partial charge in [-0.15, -0.1) is 0 Å².